The predicted octanol–water partition coefficient (Wildman–Crippen LogP) is -6.80. The van der Waals surface area contributed by atoms with Crippen LogP contribution in [0.15, 0.2) is 23.1 Å². The minimum Gasteiger partial charge on any atom is -0.768 e. The third kappa shape index (κ3) is 5.14. The first-order valence-corrected chi connectivity index (χ1v) is 4.60. The Morgan fingerprint density at radius 2 is 1.82 bits per heavy atom. The van der Waals surface area contributed by atoms with Crippen LogP contribution in [0, 0.1) is 10.1 Å². The van der Waals surface area contributed by atoms with Crippen LogP contribution in [0.2, 0.25) is 0 Å². The molecule has 0 aliphatic heterocycles. The van der Waals surface area contributed by atoms with E-state index in [0.717, 1.165) is 12.1 Å². The fourth-order valence-electron chi connectivity index (χ4n) is 0.942. The van der Waals surface area contributed by atoms with E-state index in [4.69, 9.17) is 0 Å². The fraction of sp³-hybridized carbons (Fsp3) is 0. The summed E-state index contributed by atoms with van der Waals surface area (Å²) >= 11 is -2.64. The van der Waals surface area contributed by atoms with Crippen LogP contribution in [0.1, 0.15) is 10.4 Å². The van der Waals surface area contributed by atoms with Crippen LogP contribution in [0.3, 0.4) is 0 Å². The molecule has 0 aromatic heterocycles. The Bertz CT molecular complexity index is 466. The van der Waals surface area contributed by atoms with Crippen LogP contribution in [-0.2, 0) is 11.1 Å². The molecule has 0 radical (unpaired) electrons. The van der Waals surface area contributed by atoms with Crippen LogP contribution in [0.4, 0.5) is 5.69 Å². The Balaban J connectivity index is 0. The Morgan fingerprint density at radius 3 is 2.18 bits per heavy atom. The van der Waals surface area contributed by atoms with Gasteiger partial charge < -0.3 is 14.5 Å². The Morgan fingerprint density at radius 1 is 1.29 bits per heavy atom. The van der Waals surface area contributed by atoms with Gasteiger partial charge in [0.1, 0.15) is 0 Å². The number of carbonyl (C=O) groups excluding carboxylic acids is 1. The Kier molecular flexibility index (Phi) is 9.57. The number of aromatic carboxylic acids is 1. The topological polar surface area (TPSA) is 123 Å². The van der Waals surface area contributed by atoms with E-state index < -0.39 is 33.2 Å². The van der Waals surface area contributed by atoms with Gasteiger partial charge in [-0.2, -0.15) is 0 Å². The van der Waals surface area contributed by atoms with Crippen molar-refractivity contribution in [2.75, 3.05) is 0 Å². The number of hydrogen-bond acceptors (Lipinski definition) is 6. The quantitative estimate of drug-likeness (QED) is 0.234. The first-order chi connectivity index (χ1) is 6.93. The number of nitro benzene ring substituents is 1. The molecule has 1 rings (SSSR count). The summed E-state index contributed by atoms with van der Waals surface area (Å²) in [7, 11) is 0. The summed E-state index contributed by atoms with van der Waals surface area (Å²) in [6.07, 6.45) is 0. The summed E-state index contributed by atoms with van der Waals surface area (Å²) in [4.78, 5) is 19.6. The van der Waals surface area contributed by atoms with Gasteiger partial charge in [-0.25, -0.2) is 0 Å². The van der Waals surface area contributed by atoms with Crippen LogP contribution >= 0.6 is 0 Å². The molecule has 1 atom stereocenters. The van der Waals surface area contributed by atoms with Crippen molar-refractivity contribution in [3.63, 3.8) is 0 Å². The van der Waals surface area contributed by atoms with Crippen molar-refractivity contribution in [1.29, 1.82) is 0 Å². The minimum atomic E-state index is -2.64. The first-order valence-electron chi connectivity index (χ1n) is 3.52. The largest absolute Gasteiger partial charge is 1.00 e. The molecule has 0 spiro atoms. The molecule has 0 saturated heterocycles. The summed E-state index contributed by atoms with van der Waals surface area (Å²) in [5.74, 6) is -1.80. The molecule has 10 heteroatoms. The second kappa shape index (κ2) is 8.33. The fourth-order valence-corrected chi connectivity index (χ4v) is 1.33. The minimum absolute atomic E-state index is 0. The number of hydrogen-bond donors (Lipinski definition) is 0. The molecule has 1 unspecified atom stereocenters. The number of nitrogens with zero attached hydrogens (tertiary/aromatic N) is 1. The van der Waals surface area contributed by atoms with Crippen molar-refractivity contribution in [3.8, 4) is 0 Å². The molecule has 0 fully saturated rings. The number of carboxylic acid groups (broad SMARTS) is 1. The summed E-state index contributed by atoms with van der Waals surface area (Å²) in [5.41, 5.74) is -1.47. The molecule has 0 bridgehead atoms. The molecule has 80 valence electrons. The van der Waals surface area contributed by atoms with Crippen molar-refractivity contribution < 1.29 is 82.7 Å². The van der Waals surface area contributed by atoms with E-state index in [1.54, 1.807) is 0 Å². The van der Waals surface area contributed by atoms with E-state index >= 15 is 0 Å². The molecule has 1 aromatic carbocycles. The standard InChI is InChI=1S/C7H5NO6S.2Na/c9-7(10)5-3-4(15(13)14)1-2-6(5)8(11)12;;/h1-3H,(H,9,10)(H,13,14);;/q;2*+1/p-2. The van der Waals surface area contributed by atoms with Gasteiger partial charge in [0, 0.05) is 11.0 Å². The number of nitro groups is 1. The van der Waals surface area contributed by atoms with Crippen molar-refractivity contribution in [3.05, 3.63) is 33.9 Å². The normalized spacial score (nSPS) is 10.6. The smallest absolute Gasteiger partial charge is 0.768 e. The van der Waals surface area contributed by atoms with Crippen LogP contribution in [-0.4, -0.2) is 19.7 Å². The maximum Gasteiger partial charge on any atom is 1.00 e. The molecule has 0 N–H and O–H groups in total. The van der Waals surface area contributed by atoms with E-state index in [-0.39, 0.29) is 64.0 Å². The monoisotopic (exact) mass is 275 g/mol. The van der Waals surface area contributed by atoms with Gasteiger partial charge >= 0.3 is 59.1 Å². The van der Waals surface area contributed by atoms with Crippen molar-refractivity contribution in [2.24, 2.45) is 0 Å². The van der Waals surface area contributed by atoms with Gasteiger partial charge in [-0.15, -0.1) is 0 Å². The van der Waals surface area contributed by atoms with Gasteiger partial charge in [0.2, 0.25) is 0 Å². The summed E-state index contributed by atoms with van der Waals surface area (Å²) < 4.78 is 20.9. The Hall–Kier alpha value is 0.200. The SMILES string of the molecule is O=C([O-])c1cc(S(=O)[O-])ccc1[N+](=O)[O-].[Na+].[Na+]. The van der Waals surface area contributed by atoms with Crippen molar-refractivity contribution >= 4 is 22.7 Å². The first kappa shape index (κ1) is 19.5. The molecule has 0 amide bonds. The second-order valence-electron chi connectivity index (χ2n) is 2.46. The van der Waals surface area contributed by atoms with E-state index in [1.165, 1.54) is 0 Å². The molecule has 17 heavy (non-hydrogen) atoms. The summed E-state index contributed by atoms with van der Waals surface area (Å²) in [5, 5.41) is 20.9. The van der Waals surface area contributed by atoms with Gasteiger partial charge in [-0.1, -0.05) is 0 Å². The van der Waals surface area contributed by atoms with Gasteiger partial charge in [0.15, 0.2) is 0 Å². The molecule has 0 saturated carbocycles. The zero-order valence-electron chi connectivity index (χ0n) is 9.04. The van der Waals surface area contributed by atoms with Gasteiger partial charge in [0.25, 0.3) is 5.69 Å². The third-order valence-electron chi connectivity index (χ3n) is 1.58. The summed E-state index contributed by atoms with van der Waals surface area (Å²) in [6.45, 7) is 0. The third-order valence-corrected chi connectivity index (χ3v) is 2.22. The molecular weight excluding hydrogens is 272 g/mol. The predicted molar refractivity (Wildman–Crippen MR) is 44.6 cm³/mol. The zero-order chi connectivity index (χ0) is 11.6. The van der Waals surface area contributed by atoms with Crippen LogP contribution in [0.5, 0.6) is 0 Å². The molecule has 7 nitrogen and oxygen atoms in total. The van der Waals surface area contributed by atoms with Gasteiger partial charge in [-0.3, -0.25) is 14.3 Å². The van der Waals surface area contributed by atoms with Crippen molar-refractivity contribution in [2.45, 2.75) is 4.90 Å². The number of benzene rings is 1. The number of carbonyl (C=O) groups is 1. The second-order valence-corrected chi connectivity index (χ2v) is 3.40. The van der Waals surface area contributed by atoms with E-state index in [1.807, 2.05) is 0 Å². The van der Waals surface area contributed by atoms with Crippen molar-refractivity contribution in [1.82, 2.24) is 0 Å². The molecular formula is C7H3NNa2O6S. The average Bonchev–Trinajstić information content (AvgIpc) is 2.16. The van der Waals surface area contributed by atoms with Crippen LogP contribution < -0.4 is 64.2 Å². The molecule has 0 aliphatic carbocycles. The zero-order valence-corrected chi connectivity index (χ0v) is 13.9. The van der Waals surface area contributed by atoms with Gasteiger partial charge in [-0.05, 0) is 23.2 Å². The van der Waals surface area contributed by atoms with Gasteiger partial charge in [0.05, 0.1) is 16.5 Å². The Labute approximate surface area is 143 Å². The maximum absolute atomic E-state index is 10.5. The molecule has 1 aromatic rings. The van der Waals surface area contributed by atoms with E-state index in [2.05, 4.69) is 0 Å². The van der Waals surface area contributed by atoms with Crippen LogP contribution in [0.25, 0.3) is 0 Å². The van der Waals surface area contributed by atoms with E-state index in [0.29, 0.717) is 6.07 Å². The molecule has 0 heterocycles. The number of carboxylic acids is 1. The number of rotatable bonds is 3. The van der Waals surface area contributed by atoms with E-state index in [9.17, 15) is 28.8 Å². The maximum atomic E-state index is 10.5. The average molecular weight is 275 g/mol. The molecule has 0 aliphatic rings. The summed E-state index contributed by atoms with van der Waals surface area (Å²) in [6, 6.07) is 2.42.